The van der Waals surface area contributed by atoms with Crippen LogP contribution in [-0.2, 0) is 12.8 Å². The van der Waals surface area contributed by atoms with Gasteiger partial charge in [-0.1, -0.05) is 29.3 Å². The quantitative estimate of drug-likeness (QED) is 0.419. The first-order valence-corrected chi connectivity index (χ1v) is 11.7. The molecular weight excluding hydrogens is 469 g/mol. The molecule has 0 aliphatic heterocycles. The molecule has 0 spiro atoms. The van der Waals surface area contributed by atoms with Crippen molar-refractivity contribution in [3.63, 3.8) is 0 Å². The number of hydrogen-bond acceptors (Lipinski definition) is 5. The van der Waals surface area contributed by atoms with Crippen LogP contribution in [0.5, 0.6) is 0 Å². The Morgan fingerprint density at radius 2 is 2.00 bits per heavy atom. The number of aromatic amines is 1. The number of rotatable bonds is 4. The van der Waals surface area contributed by atoms with Crippen LogP contribution in [0.2, 0.25) is 10.0 Å². The van der Waals surface area contributed by atoms with E-state index in [9.17, 15) is 9.59 Å². The number of amides is 1. The van der Waals surface area contributed by atoms with E-state index >= 15 is 0 Å². The van der Waals surface area contributed by atoms with Gasteiger partial charge in [0.15, 0.2) is 0 Å². The molecule has 1 aromatic carbocycles. The Balaban J connectivity index is 1.59. The number of thiophene rings is 1. The van der Waals surface area contributed by atoms with Gasteiger partial charge in [0.05, 0.1) is 21.2 Å². The topological polar surface area (TPSA) is 92.7 Å². The molecule has 32 heavy (non-hydrogen) atoms. The lowest BCUT2D eigenvalue weighted by molar-refractivity contribution is 0.102. The smallest absolute Gasteiger partial charge is 0.258 e. The Labute approximate surface area is 197 Å². The summed E-state index contributed by atoms with van der Waals surface area (Å²) in [6, 6.07) is 10.3. The predicted octanol–water partition coefficient (Wildman–Crippen LogP) is 5.12. The highest BCUT2D eigenvalue weighted by molar-refractivity contribution is 7.13. The average Bonchev–Trinajstić information content (AvgIpc) is 3.44. The minimum atomic E-state index is -0.425. The predicted molar refractivity (Wildman–Crippen MR) is 126 cm³/mol. The molecule has 0 saturated heterocycles. The Bertz CT molecular complexity index is 1380. The Kier molecular flexibility index (Phi) is 5.58. The summed E-state index contributed by atoms with van der Waals surface area (Å²) >= 11 is 13.7. The van der Waals surface area contributed by atoms with E-state index in [4.69, 9.17) is 23.2 Å². The number of nitrogens with one attached hydrogen (secondary N) is 2. The highest BCUT2D eigenvalue weighted by Crippen LogP contribution is 2.29. The van der Waals surface area contributed by atoms with E-state index in [0.29, 0.717) is 16.5 Å². The molecule has 162 valence electrons. The number of H-pyrrole nitrogens is 1. The molecule has 2 N–H and O–H groups in total. The van der Waals surface area contributed by atoms with Crippen LogP contribution in [0.25, 0.3) is 16.5 Å². The molecule has 0 fully saturated rings. The number of aromatic nitrogens is 4. The van der Waals surface area contributed by atoms with Crippen LogP contribution < -0.4 is 10.9 Å². The zero-order chi connectivity index (χ0) is 22.2. The third kappa shape index (κ3) is 3.97. The number of aryl methyl sites for hydroxylation is 1. The number of anilines is 1. The molecule has 1 aliphatic rings. The van der Waals surface area contributed by atoms with Gasteiger partial charge in [-0.3, -0.25) is 14.6 Å². The van der Waals surface area contributed by atoms with Crippen molar-refractivity contribution in [1.29, 1.82) is 0 Å². The van der Waals surface area contributed by atoms with Crippen molar-refractivity contribution in [2.45, 2.75) is 25.7 Å². The summed E-state index contributed by atoms with van der Waals surface area (Å²) in [7, 11) is 0. The van der Waals surface area contributed by atoms with Crippen molar-refractivity contribution in [2.75, 3.05) is 5.32 Å². The first kappa shape index (κ1) is 20.9. The second kappa shape index (κ2) is 8.54. The minimum Gasteiger partial charge on any atom is -0.306 e. The third-order valence-corrected chi connectivity index (χ3v) is 6.72. The van der Waals surface area contributed by atoms with Crippen molar-refractivity contribution in [1.82, 2.24) is 19.7 Å². The van der Waals surface area contributed by atoms with Gasteiger partial charge in [0, 0.05) is 16.7 Å². The molecule has 3 heterocycles. The maximum atomic E-state index is 13.0. The summed E-state index contributed by atoms with van der Waals surface area (Å²) in [4.78, 5) is 34.0. The fourth-order valence-electron chi connectivity index (χ4n) is 3.72. The maximum absolute atomic E-state index is 13.0. The van der Waals surface area contributed by atoms with E-state index < -0.39 is 5.91 Å². The fraction of sp³-hybridized carbons (Fsp3) is 0.182. The summed E-state index contributed by atoms with van der Waals surface area (Å²) in [5.74, 6) is 0.199. The first-order valence-electron chi connectivity index (χ1n) is 10.0. The van der Waals surface area contributed by atoms with E-state index in [1.54, 1.807) is 18.2 Å². The molecule has 7 nitrogen and oxygen atoms in total. The molecule has 0 bridgehead atoms. The number of fused-ring (bicyclic) bond motifs is 1. The summed E-state index contributed by atoms with van der Waals surface area (Å²) < 4.78 is 1.45. The van der Waals surface area contributed by atoms with Crippen molar-refractivity contribution in [3.05, 3.63) is 79.0 Å². The van der Waals surface area contributed by atoms with E-state index in [2.05, 4.69) is 20.4 Å². The van der Waals surface area contributed by atoms with Gasteiger partial charge in [-0.15, -0.1) is 11.3 Å². The Morgan fingerprint density at radius 3 is 2.78 bits per heavy atom. The standard InChI is InChI=1S/C22H17Cl2N5O2S/c23-12-7-8-13(15(24)10-12)20(30)26-19-11-17(18-6-3-9-32-18)28-29(19)22-25-16-5-2-1-4-14(16)21(31)27-22/h3,6-11H,1-2,4-5H2,(H,26,30)(H,25,27,31). The van der Waals surface area contributed by atoms with Crippen LogP contribution in [0.4, 0.5) is 5.82 Å². The number of carbonyl (C=O) groups is 1. The molecule has 10 heteroatoms. The van der Waals surface area contributed by atoms with Gasteiger partial charge >= 0.3 is 0 Å². The van der Waals surface area contributed by atoms with Crippen LogP contribution in [0.3, 0.4) is 0 Å². The lowest BCUT2D eigenvalue weighted by Gasteiger charge is -2.15. The monoisotopic (exact) mass is 485 g/mol. The van der Waals surface area contributed by atoms with Gasteiger partial charge in [0.25, 0.3) is 11.5 Å². The molecule has 1 amide bonds. The molecule has 4 aromatic rings. The Morgan fingerprint density at radius 1 is 1.16 bits per heavy atom. The number of benzene rings is 1. The van der Waals surface area contributed by atoms with E-state index in [1.165, 1.54) is 22.1 Å². The second-order valence-corrected chi connectivity index (χ2v) is 9.20. The van der Waals surface area contributed by atoms with Gasteiger partial charge in [-0.2, -0.15) is 9.78 Å². The Hall–Kier alpha value is -2.94. The van der Waals surface area contributed by atoms with Crippen molar-refractivity contribution >= 4 is 46.3 Å². The molecular formula is C22H17Cl2N5O2S. The number of nitrogens with zero attached hydrogens (tertiary/aromatic N) is 3. The van der Waals surface area contributed by atoms with Crippen molar-refractivity contribution in [2.24, 2.45) is 0 Å². The molecule has 0 atom stereocenters. The SMILES string of the molecule is O=C(Nc1cc(-c2cccs2)nn1-c1nc2c(c(=O)[nH]1)CCCC2)c1ccc(Cl)cc1Cl. The molecule has 3 aromatic heterocycles. The fourth-order valence-corrected chi connectivity index (χ4v) is 4.90. The number of hydrogen-bond donors (Lipinski definition) is 2. The molecule has 0 saturated carbocycles. The summed E-state index contributed by atoms with van der Waals surface area (Å²) in [5, 5.41) is 10.1. The van der Waals surface area contributed by atoms with Crippen LogP contribution in [0, 0.1) is 0 Å². The van der Waals surface area contributed by atoms with E-state index in [0.717, 1.165) is 41.8 Å². The lowest BCUT2D eigenvalue weighted by atomic mass is 9.97. The molecule has 0 unspecified atom stereocenters. The molecule has 1 aliphatic carbocycles. The lowest BCUT2D eigenvalue weighted by Crippen LogP contribution is -2.24. The second-order valence-electron chi connectivity index (χ2n) is 7.40. The largest absolute Gasteiger partial charge is 0.306 e. The average molecular weight is 486 g/mol. The highest BCUT2D eigenvalue weighted by atomic mass is 35.5. The zero-order valence-corrected chi connectivity index (χ0v) is 19.0. The maximum Gasteiger partial charge on any atom is 0.258 e. The van der Waals surface area contributed by atoms with E-state index in [1.807, 2.05) is 17.5 Å². The van der Waals surface area contributed by atoms with Gasteiger partial charge in [0.1, 0.15) is 11.5 Å². The minimum absolute atomic E-state index is 0.170. The normalized spacial score (nSPS) is 13.1. The zero-order valence-electron chi connectivity index (χ0n) is 16.7. The van der Waals surface area contributed by atoms with Crippen molar-refractivity contribution in [3.8, 4) is 16.5 Å². The van der Waals surface area contributed by atoms with Gasteiger partial charge in [0.2, 0.25) is 5.95 Å². The summed E-state index contributed by atoms with van der Waals surface area (Å²) in [5.41, 5.74) is 2.26. The van der Waals surface area contributed by atoms with Crippen LogP contribution in [-0.4, -0.2) is 25.7 Å². The van der Waals surface area contributed by atoms with Crippen molar-refractivity contribution < 1.29 is 4.79 Å². The van der Waals surface area contributed by atoms with Crippen LogP contribution >= 0.6 is 34.5 Å². The molecule has 5 rings (SSSR count). The van der Waals surface area contributed by atoms with Crippen LogP contribution in [0.15, 0.2) is 46.6 Å². The van der Waals surface area contributed by atoms with E-state index in [-0.39, 0.29) is 22.1 Å². The summed E-state index contributed by atoms with van der Waals surface area (Å²) in [6.07, 6.45) is 3.43. The molecule has 0 radical (unpaired) electrons. The van der Waals surface area contributed by atoms with Gasteiger partial charge in [-0.05, 0) is 55.3 Å². The van der Waals surface area contributed by atoms with Gasteiger partial charge in [-0.25, -0.2) is 4.98 Å². The third-order valence-electron chi connectivity index (χ3n) is 5.28. The van der Waals surface area contributed by atoms with Gasteiger partial charge < -0.3 is 5.32 Å². The summed E-state index contributed by atoms with van der Waals surface area (Å²) in [6.45, 7) is 0. The number of halogens is 2. The first-order chi connectivity index (χ1) is 15.5. The highest BCUT2D eigenvalue weighted by Gasteiger charge is 2.21. The number of carbonyl (C=O) groups excluding carboxylic acids is 1. The van der Waals surface area contributed by atoms with Crippen LogP contribution in [0.1, 0.15) is 34.5 Å².